The van der Waals surface area contributed by atoms with E-state index < -0.39 is 11.8 Å². The molecule has 18 heavy (non-hydrogen) atoms. The van der Waals surface area contributed by atoms with Gasteiger partial charge in [-0.1, -0.05) is 23.7 Å². The van der Waals surface area contributed by atoms with E-state index in [9.17, 15) is 9.59 Å². The molecule has 7 nitrogen and oxygen atoms in total. The Morgan fingerprint density at radius 1 is 1.11 bits per heavy atom. The van der Waals surface area contributed by atoms with Gasteiger partial charge in [-0.25, -0.2) is 4.68 Å². The van der Waals surface area contributed by atoms with Crippen LogP contribution in [0.1, 0.15) is 0 Å². The third-order valence-electron chi connectivity index (χ3n) is 1.98. The maximum Gasteiger partial charge on any atom is 0.328 e. The summed E-state index contributed by atoms with van der Waals surface area (Å²) < 4.78 is 1.16. The molecule has 0 spiro atoms. The van der Waals surface area contributed by atoms with E-state index >= 15 is 0 Å². The van der Waals surface area contributed by atoms with Gasteiger partial charge in [-0.15, -0.1) is 10.2 Å². The summed E-state index contributed by atoms with van der Waals surface area (Å²) in [7, 11) is 0. The fourth-order valence-electron chi connectivity index (χ4n) is 1.17. The molecule has 0 aliphatic carbocycles. The number of benzene rings is 1. The predicted octanol–water partition coefficient (Wildman–Crippen LogP) is 0.640. The molecule has 0 saturated carbocycles. The molecular weight excluding hydrogens is 258 g/mol. The minimum Gasteiger partial charge on any atom is -0.316 e. The molecule has 92 valence electrons. The SMILES string of the molecule is O=C(Nc1ccccc1Cl)C(=O)Nn1cnnc1. The Kier molecular flexibility index (Phi) is 3.54. The third-order valence-corrected chi connectivity index (χ3v) is 2.31. The summed E-state index contributed by atoms with van der Waals surface area (Å²) in [5.41, 5.74) is 2.62. The number of aromatic nitrogens is 3. The molecule has 1 aromatic heterocycles. The summed E-state index contributed by atoms with van der Waals surface area (Å²) in [5.74, 6) is -1.69. The van der Waals surface area contributed by atoms with Crippen LogP contribution in [0.2, 0.25) is 5.02 Å². The van der Waals surface area contributed by atoms with Crippen LogP contribution < -0.4 is 10.7 Å². The molecule has 0 fully saturated rings. The van der Waals surface area contributed by atoms with Crippen LogP contribution in [0.4, 0.5) is 5.69 Å². The Hall–Kier alpha value is -2.41. The number of nitrogens with zero attached hydrogens (tertiary/aromatic N) is 3. The minimum absolute atomic E-state index is 0.350. The smallest absolute Gasteiger partial charge is 0.316 e. The van der Waals surface area contributed by atoms with Gasteiger partial charge in [0.2, 0.25) is 0 Å². The summed E-state index contributed by atoms with van der Waals surface area (Å²) >= 11 is 5.84. The van der Waals surface area contributed by atoms with Crippen molar-refractivity contribution in [1.82, 2.24) is 14.9 Å². The van der Waals surface area contributed by atoms with Crippen molar-refractivity contribution in [2.24, 2.45) is 0 Å². The lowest BCUT2D eigenvalue weighted by molar-refractivity contribution is -0.133. The molecule has 2 rings (SSSR count). The zero-order chi connectivity index (χ0) is 13.0. The van der Waals surface area contributed by atoms with Gasteiger partial charge in [0.1, 0.15) is 12.7 Å². The number of carbonyl (C=O) groups is 2. The van der Waals surface area contributed by atoms with Crippen molar-refractivity contribution >= 4 is 29.1 Å². The van der Waals surface area contributed by atoms with Crippen LogP contribution >= 0.6 is 11.6 Å². The average molecular weight is 266 g/mol. The summed E-state index contributed by atoms with van der Waals surface area (Å²) in [6.45, 7) is 0. The fourth-order valence-corrected chi connectivity index (χ4v) is 1.35. The normalized spacial score (nSPS) is 9.83. The van der Waals surface area contributed by atoms with Crippen LogP contribution in [0.25, 0.3) is 0 Å². The van der Waals surface area contributed by atoms with Crippen molar-refractivity contribution < 1.29 is 9.59 Å². The first-order valence-corrected chi connectivity index (χ1v) is 5.26. The van der Waals surface area contributed by atoms with Gasteiger partial charge in [-0.3, -0.25) is 15.0 Å². The van der Waals surface area contributed by atoms with Gasteiger partial charge < -0.3 is 5.32 Å². The molecule has 2 amide bonds. The van der Waals surface area contributed by atoms with Crippen molar-refractivity contribution in [3.8, 4) is 0 Å². The maximum atomic E-state index is 11.6. The van der Waals surface area contributed by atoms with Gasteiger partial charge in [-0.05, 0) is 12.1 Å². The van der Waals surface area contributed by atoms with Gasteiger partial charge in [0.25, 0.3) is 0 Å². The Balaban J connectivity index is 2.00. The van der Waals surface area contributed by atoms with Crippen molar-refractivity contribution in [3.63, 3.8) is 0 Å². The number of halogens is 1. The zero-order valence-corrected chi connectivity index (χ0v) is 9.76. The second-order valence-electron chi connectivity index (χ2n) is 3.24. The number of nitrogens with one attached hydrogen (secondary N) is 2. The van der Waals surface area contributed by atoms with E-state index in [0.717, 1.165) is 4.68 Å². The molecule has 0 aliphatic rings. The molecule has 0 saturated heterocycles. The molecule has 0 aliphatic heterocycles. The van der Waals surface area contributed by atoms with Gasteiger partial charge in [0.15, 0.2) is 0 Å². The Morgan fingerprint density at radius 2 is 1.78 bits per heavy atom. The van der Waals surface area contributed by atoms with E-state index in [4.69, 9.17) is 11.6 Å². The lowest BCUT2D eigenvalue weighted by atomic mass is 10.3. The van der Waals surface area contributed by atoms with E-state index in [2.05, 4.69) is 20.9 Å². The van der Waals surface area contributed by atoms with E-state index in [-0.39, 0.29) is 0 Å². The second-order valence-corrected chi connectivity index (χ2v) is 3.65. The highest BCUT2D eigenvalue weighted by Crippen LogP contribution is 2.20. The first-order chi connectivity index (χ1) is 8.66. The fraction of sp³-hybridized carbons (Fsp3) is 0. The number of rotatable bonds is 2. The van der Waals surface area contributed by atoms with Crippen molar-refractivity contribution in [2.75, 3.05) is 10.7 Å². The summed E-state index contributed by atoms with van der Waals surface area (Å²) in [6, 6.07) is 6.61. The van der Waals surface area contributed by atoms with E-state index in [0.29, 0.717) is 10.7 Å². The second kappa shape index (κ2) is 5.28. The summed E-state index contributed by atoms with van der Waals surface area (Å²) in [5, 5.41) is 9.69. The molecule has 8 heteroatoms. The number of hydrogen-bond donors (Lipinski definition) is 2. The number of anilines is 1. The molecule has 1 aromatic carbocycles. The average Bonchev–Trinajstić information content (AvgIpc) is 2.84. The highest BCUT2D eigenvalue weighted by atomic mass is 35.5. The third kappa shape index (κ3) is 2.83. The molecule has 0 bridgehead atoms. The monoisotopic (exact) mass is 265 g/mol. The molecular formula is C10H8ClN5O2. The minimum atomic E-state index is -0.852. The van der Waals surface area contributed by atoms with Crippen LogP contribution in [-0.4, -0.2) is 26.7 Å². The van der Waals surface area contributed by atoms with Crippen LogP contribution in [0.3, 0.4) is 0 Å². The van der Waals surface area contributed by atoms with Gasteiger partial charge in [0, 0.05) is 0 Å². The number of para-hydroxylation sites is 1. The quantitative estimate of drug-likeness (QED) is 0.780. The van der Waals surface area contributed by atoms with Gasteiger partial charge >= 0.3 is 11.8 Å². The van der Waals surface area contributed by atoms with Crippen LogP contribution in [0.5, 0.6) is 0 Å². The maximum absolute atomic E-state index is 11.6. The number of carbonyl (C=O) groups excluding carboxylic acids is 2. The molecule has 1 heterocycles. The topological polar surface area (TPSA) is 88.9 Å². The highest BCUT2D eigenvalue weighted by Gasteiger charge is 2.15. The van der Waals surface area contributed by atoms with Gasteiger partial charge in [-0.2, -0.15) is 0 Å². The van der Waals surface area contributed by atoms with Crippen LogP contribution in [-0.2, 0) is 9.59 Å². The van der Waals surface area contributed by atoms with Crippen molar-refractivity contribution in [1.29, 1.82) is 0 Å². The summed E-state index contributed by atoms with van der Waals surface area (Å²) in [4.78, 5) is 23.0. The van der Waals surface area contributed by atoms with Crippen LogP contribution in [0, 0.1) is 0 Å². The Labute approximate surface area is 107 Å². The number of hydrogen-bond acceptors (Lipinski definition) is 4. The van der Waals surface area contributed by atoms with Crippen molar-refractivity contribution in [3.05, 3.63) is 41.9 Å². The molecule has 0 unspecified atom stereocenters. The first-order valence-electron chi connectivity index (χ1n) is 4.88. The largest absolute Gasteiger partial charge is 0.328 e. The molecule has 2 aromatic rings. The van der Waals surface area contributed by atoms with Crippen molar-refractivity contribution in [2.45, 2.75) is 0 Å². The van der Waals surface area contributed by atoms with Gasteiger partial charge in [0.05, 0.1) is 10.7 Å². The standard InChI is InChI=1S/C10H8ClN5O2/c11-7-3-1-2-4-8(7)14-9(17)10(18)15-16-5-12-13-6-16/h1-6H,(H,14,17)(H,15,18). The molecule has 0 radical (unpaired) electrons. The molecule has 0 atom stereocenters. The lowest BCUT2D eigenvalue weighted by Gasteiger charge is -2.07. The van der Waals surface area contributed by atoms with Crippen LogP contribution in [0.15, 0.2) is 36.9 Å². The van der Waals surface area contributed by atoms with E-state index in [1.807, 2.05) is 0 Å². The Bertz CT molecular complexity index is 569. The summed E-state index contributed by atoms with van der Waals surface area (Å²) in [6.07, 6.45) is 2.50. The first kappa shape index (κ1) is 12.1. The van der Waals surface area contributed by atoms with E-state index in [1.165, 1.54) is 12.7 Å². The number of amides is 2. The zero-order valence-electron chi connectivity index (χ0n) is 9.00. The lowest BCUT2D eigenvalue weighted by Crippen LogP contribution is -2.33. The van der Waals surface area contributed by atoms with E-state index in [1.54, 1.807) is 24.3 Å². The Morgan fingerprint density at radius 3 is 2.44 bits per heavy atom. The highest BCUT2D eigenvalue weighted by molar-refractivity contribution is 6.43. The molecule has 2 N–H and O–H groups in total. The predicted molar refractivity (Wildman–Crippen MR) is 64.5 cm³/mol.